The van der Waals surface area contributed by atoms with Gasteiger partial charge < -0.3 is 4.57 Å². The molecule has 1 heterocycles. The van der Waals surface area contributed by atoms with Gasteiger partial charge in [-0.15, -0.1) is 0 Å². The van der Waals surface area contributed by atoms with Crippen LogP contribution in [0.4, 0.5) is 4.39 Å². The number of halogens is 2. The van der Waals surface area contributed by atoms with Gasteiger partial charge in [0.15, 0.2) is 5.78 Å². The van der Waals surface area contributed by atoms with Gasteiger partial charge in [-0.25, -0.2) is 4.39 Å². The summed E-state index contributed by atoms with van der Waals surface area (Å²) in [6, 6.07) is 6.19. The second-order valence-corrected chi connectivity index (χ2v) is 6.93. The lowest BCUT2D eigenvalue weighted by molar-refractivity contribution is 0.0911. The topological polar surface area (TPSA) is 22.0 Å². The largest absolute Gasteiger partial charge is 0.316 e. The average molecular weight is 306 g/mol. The summed E-state index contributed by atoms with van der Waals surface area (Å²) in [5, 5.41) is 0.480. The van der Waals surface area contributed by atoms with E-state index in [2.05, 4.69) is 13.8 Å². The number of hydrogen-bond acceptors (Lipinski definition) is 1. The van der Waals surface area contributed by atoms with Crippen LogP contribution in [-0.4, -0.2) is 10.4 Å². The summed E-state index contributed by atoms with van der Waals surface area (Å²) in [6.07, 6.45) is 1.31. The van der Waals surface area contributed by atoms with E-state index in [1.54, 1.807) is 6.07 Å². The van der Waals surface area contributed by atoms with Crippen molar-refractivity contribution in [1.29, 1.82) is 0 Å². The quantitative estimate of drug-likeness (QED) is 0.746. The minimum absolute atomic E-state index is 0.0908. The molecule has 0 N–H and O–H groups in total. The molecule has 0 saturated heterocycles. The molecule has 0 atom stereocenters. The zero-order valence-electron chi connectivity index (χ0n) is 12.3. The van der Waals surface area contributed by atoms with Gasteiger partial charge in [-0.2, -0.15) is 0 Å². The SMILES string of the molecule is Cc1cc2c(n1-c1cc(F)ccc1Cl)CC(C)(C)CC2=O. The highest BCUT2D eigenvalue weighted by Gasteiger charge is 2.34. The summed E-state index contributed by atoms with van der Waals surface area (Å²) in [5.41, 5.74) is 3.08. The Bertz CT molecular complexity index is 745. The number of rotatable bonds is 1. The second-order valence-electron chi connectivity index (χ2n) is 6.52. The molecule has 110 valence electrons. The van der Waals surface area contributed by atoms with Crippen molar-refractivity contribution in [3.05, 3.63) is 52.1 Å². The van der Waals surface area contributed by atoms with E-state index in [9.17, 15) is 9.18 Å². The number of Topliss-reactive ketones (excluding diaryl/α,β-unsaturated/α-hetero) is 1. The first-order valence-electron chi connectivity index (χ1n) is 6.98. The minimum Gasteiger partial charge on any atom is -0.316 e. The van der Waals surface area contributed by atoms with Gasteiger partial charge in [-0.3, -0.25) is 4.79 Å². The predicted octanol–water partition coefficient (Wildman–Crippen LogP) is 4.73. The Morgan fingerprint density at radius 3 is 2.67 bits per heavy atom. The van der Waals surface area contributed by atoms with Crippen LogP contribution in [0.5, 0.6) is 0 Å². The van der Waals surface area contributed by atoms with Crippen molar-refractivity contribution in [2.24, 2.45) is 5.41 Å². The van der Waals surface area contributed by atoms with E-state index in [0.717, 1.165) is 23.4 Å². The number of ketones is 1. The molecule has 2 nitrogen and oxygen atoms in total. The van der Waals surface area contributed by atoms with Gasteiger partial charge in [-0.05, 0) is 43.0 Å². The number of fused-ring (bicyclic) bond motifs is 1. The Balaban J connectivity index is 2.26. The zero-order chi connectivity index (χ0) is 15.4. The van der Waals surface area contributed by atoms with Crippen LogP contribution in [-0.2, 0) is 6.42 Å². The maximum atomic E-state index is 13.6. The van der Waals surface area contributed by atoms with Crippen LogP contribution in [0, 0.1) is 18.2 Å². The van der Waals surface area contributed by atoms with E-state index >= 15 is 0 Å². The molecule has 0 amide bonds. The molecule has 2 aromatic rings. The molecule has 1 aromatic heterocycles. The maximum absolute atomic E-state index is 13.6. The molecule has 0 fully saturated rings. The van der Waals surface area contributed by atoms with Crippen LogP contribution in [0.3, 0.4) is 0 Å². The van der Waals surface area contributed by atoms with Crippen molar-refractivity contribution in [3.8, 4) is 5.69 Å². The van der Waals surface area contributed by atoms with Crippen LogP contribution in [0.25, 0.3) is 5.69 Å². The van der Waals surface area contributed by atoms with Gasteiger partial charge in [0, 0.05) is 23.4 Å². The third-order valence-electron chi connectivity index (χ3n) is 4.02. The first-order valence-corrected chi connectivity index (χ1v) is 7.36. The zero-order valence-corrected chi connectivity index (χ0v) is 13.1. The summed E-state index contributed by atoms with van der Waals surface area (Å²) in [5.74, 6) is -0.187. The third kappa shape index (κ3) is 2.40. The highest BCUT2D eigenvalue weighted by atomic mass is 35.5. The summed E-state index contributed by atoms with van der Waals surface area (Å²) in [6.45, 7) is 6.07. The summed E-state index contributed by atoms with van der Waals surface area (Å²) in [4.78, 5) is 12.3. The third-order valence-corrected chi connectivity index (χ3v) is 4.34. The molecule has 4 heteroatoms. The molecular formula is C17H17ClFNO. The average Bonchev–Trinajstić information content (AvgIpc) is 2.68. The van der Waals surface area contributed by atoms with Crippen molar-refractivity contribution in [2.75, 3.05) is 0 Å². The van der Waals surface area contributed by atoms with Gasteiger partial charge in [0.25, 0.3) is 0 Å². The fourth-order valence-corrected chi connectivity index (χ4v) is 3.35. The smallest absolute Gasteiger partial charge is 0.165 e. The highest BCUT2D eigenvalue weighted by molar-refractivity contribution is 6.32. The number of carbonyl (C=O) groups excluding carboxylic acids is 1. The lowest BCUT2D eigenvalue weighted by Crippen LogP contribution is -2.27. The van der Waals surface area contributed by atoms with Gasteiger partial charge in [0.05, 0.1) is 10.7 Å². The van der Waals surface area contributed by atoms with Crippen molar-refractivity contribution in [3.63, 3.8) is 0 Å². The predicted molar refractivity (Wildman–Crippen MR) is 81.9 cm³/mol. The molecule has 1 aliphatic rings. The number of carbonyl (C=O) groups is 1. The van der Waals surface area contributed by atoms with Crippen LogP contribution >= 0.6 is 11.6 Å². The van der Waals surface area contributed by atoms with E-state index in [1.165, 1.54) is 12.1 Å². The minimum atomic E-state index is -0.336. The van der Waals surface area contributed by atoms with E-state index in [1.807, 2.05) is 17.6 Å². The normalized spacial score (nSPS) is 16.9. The standard InChI is InChI=1S/C17H17ClFNO/c1-10-6-12-15(8-17(2,3)9-16(12)21)20(10)14-7-11(19)4-5-13(14)18/h4-7H,8-9H2,1-3H3. The number of hydrogen-bond donors (Lipinski definition) is 0. The maximum Gasteiger partial charge on any atom is 0.165 e. The number of aromatic nitrogens is 1. The Hall–Kier alpha value is -1.61. The van der Waals surface area contributed by atoms with Crippen molar-refractivity contribution >= 4 is 17.4 Å². The molecule has 0 bridgehead atoms. The van der Waals surface area contributed by atoms with Gasteiger partial charge in [0.2, 0.25) is 0 Å². The van der Waals surface area contributed by atoms with Gasteiger partial charge in [0.1, 0.15) is 5.82 Å². The molecule has 0 unspecified atom stereocenters. The van der Waals surface area contributed by atoms with E-state index in [-0.39, 0.29) is 17.0 Å². The second kappa shape index (κ2) is 4.70. The first-order chi connectivity index (χ1) is 9.78. The van der Waals surface area contributed by atoms with Crippen LogP contribution in [0.1, 0.15) is 42.0 Å². The first kappa shape index (κ1) is 14.3. The number of nitrogens with zero attached hydrogens (tertiary/aromatic N) is 1. The number of benzene rings is 1. The van der Waals surface area contributed by atoms with Gasteiger partial charge in [-0.1, -0.05) is 25.4 Å². The monoisotopic (exact) mass is 305 g/mol. The molecule has 0 aliphatic heterocycles. The molecule has 0 saturated carbocycles. The highest BCUT2D eigenvalue weighted by Crippen LogP contribution is 2.38. The molecule has 21 heavy (non-hydrogen) atoms. The molecule has 1 aromatic carbocycles. The fourth-order valence-electron chi connectivity index (χ4n) is 3.14. The molecule has 0 spiro atoms. The molecule has 1 aliphatic carbocycles. The Kier molecular flexibility index (Phi) is 3.21. The lowest BCUT2D eigenvalue weighted by atomic mass is 9.76. The van der Waals surface area contributed by atoms with Crippen molar-refractivity contribution < 1.29 is 9.18 Å². The van der Waals surface area contributed by atoms with Crippen molar-refractivity contribution in [2.45, 2.75) is 33.6 Å². The van der Waals surface area contributed by atoms with Crippen LogP contribution in [0.15, 0.2) is 24.3 Å². The lowest BCUT2D eigenvalue weighted by Gasteiger charge is -2.30. The van der Waals surface area contributed by atoms with E-state index in [4.69, 9.17) is 11.6 Å². The summed E-state index contributed by atoms with van der Waals surface area (Å²) in [7, 11) is 0. The Morgan fingerprint density at radius 2 is 1.95 bits per heavy atom. The Labute approximate surface area is 128 Å². The molecule has 3 rings (SSSR count). The summed E-state index contributed by atoms with van der Waals surface area (Å²) >= 11 is 6.24. The Morgan fingerprint density at radius 1 is 1.24 bits per heavy atom. The number of aryl methyl sites for hydroxylation is 1. The molecular weight excluding hydrogens is 289 g/mol. The van der Waals surface area contributed by atoms with Gasteiger partial charge >= 0.3 is 0 Å². The van der Waals surface area contributed by atoms with E-state index < -0.39 is 0 Å². The van der Waals surface area contributed by atoms with Crippen LogP contribution < -0.4 is 0 Å². The van der Waals surface area contributed by atoms with E-state index in [0.29, 0.717) is 17.1 Å². The van der Waals surface area contributed by atoms with Crippen LogP contribution in [0.2, 0.25) is 5.02 Å². The fraction of sp³-hybridized carbons (Fsp3) is 0.353. The summed E-state index contributed by atoms with van der Waals surface area (Å²) < 4.78 is 15.5. The van der Waals surface area contributed by atoms with Crippen molar-refractivity contribution in [1.82, 2.24) is 4.57 Å². The molecule has 0 radical (unpaired) electrons.